The van der Waals surface area contributed by atoms with Gasteiger partial charge in [0.2, 0.25) is 0 Å². The zero-order valence-corrected chi connectivity index (χ0v) is 13.4. The maximum Gasteiger partial charge on any atom is 0.123 e. The van der Waals surface area contributed by atoms with Gasteiger partial charge in [0.05, 0.1) is 26.2 Å². The first-order valence-electron chi connectivity index (χ1n) is 7.29. The van der Waals surface area contributed by atoms with Crippen LogP contribution < -0.4 is 9.80 Å². The second kappa shape index (κ2) is 6.58. The molecule has 3 rings (SSSR count). The summed E-state index contributed by atoms with van der Waals surface area (Å²) < 4.78 is 14.1. The minimum absolute atomic E-state index is 0.168. The first-order chi connectivity index (χ1) is 10.2. The van der Waals surface area contributed by atoms with Gasteiger partial charge in [0.15, 0.2) is 0 Å². The third kappa shape index (κ3) is 3.83. The van der Waals surface area contributed by atoms with E-state index in [1.807, 2.05) is 12.1 Å². The fraction of sp³-hybridized carbons (Fsp3) is 0.294. The van der Waals surface area contributed by atoms with Gasteiger partial charge in [0, 0.05) is 15.7 Å². The Bertz CT molecular complexity index is 575. The van der Waals surface area contributed by atoms with E-state index in [-0.39, 0.29) is 5.82 Å². The van der Waals surface area contributed by atoms with E-state index in [9.17, 15) is 4.39 Å². The second-order valence-corrected chi connectivity index (χ2v) is 6.43. The molecule has 2 nitrogen and oxygen atoms in total. The third-order valence-corrected chi connectivity index (χ3v) is 4.56. The van der Waals surface area contributed by atoms with Crippen molar-refractivity contribution in [2.24, 2.45) is 0 Å². The minimum atomic E-state index is -0.168. The molecule has 0 amide bonds. The number of hydrogen-bond acceptors (Lipinski definition) is 1. The van der Waals surface area contributed by atoms with Crippen LogP contribution in [0.3, 0.4) is 0 Å². The number of benzene rings is 2. The Kier molecular flexibility index (Phi) is 4.56. The summed E-state index contributed by atoms with van der Waals surface area (Å²) in [6.45, 7) is 5.36. The van der Waals surface area contributed by atoms with E-state index in [1.54, 1.807) is 4.90 Å². The molecule has 1 heterocycles. The van der Waals surface area contributed by atoms with Crippen LogP contribution >= 0.6 is 15.9 Å². The van der Waals surface area contributed by atoms with Crippen LogP contribution in [0.25, 0.3) is 0 Å². The van der Waals surface area contributed by atoms with E-state index in [0.29, 0.717) is 0 Å². The number of hydrogen-bond donors (Lipinski definition) is 1. The molecule has 21 heavy (non-hydrogen) atoms. The zero-order chi connectivity index (χ0) is 14.7. The Hall–Kier alpha value is -1.39. The fourth-order valence-corrected chi connectivity index (χ4v) is 3.07. The van der Waals surface area contributed by atoms with E-state index in [0.717, 1.165) is 42.9 Å². The van der Waals surface area contributed by atoms with Crippen LogP contribution in [-0.4, -0.2) is 26.2 Å². The molecule has 110 valence electrons. The summed E-state index contributed by atoms with van der Waals surface area (Å²) >= 11 is 3.47. The largest absolute Gasteiger partial charge is 0.360 e. The Morgan fingerprint density at radius 3 is 2.19 bits per heavy atom. The molecule has 0 bridgehead atoms. The van der Waals surface area contributed by atoms with Crippen LogP contribution in [0.2, 0.25) is 0 Å². The molecular formula is C17H19BrFN2+. The maximum atomic E-state index is 13.0. The summed E-state index contributed by atoms with van der Waals surface area (Å²) in [5.74, 6) is -0.168. The molecule has 1 aliphatic heterocycles. The molecule has 1 aliphatic rings. The molecule has 0 atom stereocenters. The number of nitrogens with zero attached hydrogens (tertiary/aromatic N) is 1. The maximum absolute atomic E-state index is 13.0. The van der Waals surface area contributed by atoms with Gasteiger partial charge in [-0.25, -0.2) is 4.39 Å². The van der Waals surface area contributed by atoms with Crippen molar-refractivity contribution in [2.45, 2.75) is 6.54 Å². The predicted octanol–water partition coefficient (Wildman–Crippen LogP) is 2.49. The molecule has 0 spiro atoms. The molecule has 1 N–H and O–H groups in total. The van der Waals surface area contributed by atoms with Crippen LogP contribution in [0.15, 0.2) is 53.0 Å². The monoisotopic (exact) mass is 349 g/mol. The van der Waals surface area contributed by atoms with Crippen LogP contribution in [0.5, 0.6) is 0 Å². The zero-order valence-electron chi connectivity index (χ0n) is 11.9. The van der Waals surface area contributed by atoms with Crippen molar-refractivity contribution in [3.63, 3.8) is 0 Å². The highest BCUT2D eigenvalue weighted by Crippen LogP contribution is 2.14. The normalized spacial score (nSPS) is 16.2. The van der Waals surface area contributed by atoms with E-state index < -0.39 is 0 Å². The van der Waals surface area contributed by atoms with Gasteiger partial charge in [0.25, 0.3) is 0 Å². The van der Waals surface area contributed by atoms with Crippen LogP contribution in [-0.2, 0) is 6.54 Å². The highest BCUT2D eigenvalue weighted by atomic mass is 79.9. The standard InChI is InChI=1S/C17H18BrFN2/c18-15-3-1-14(2-4-15)13-20-9-11-21(12-10-20)17-7-5-16(19)6-8-17/h1-8H,9-13H2/p+1. The molecule has 0 saturated carbocycles. The van der Waals surface area contributed by atoms with Gasteiger partial charge < -0.3 is 9.80 Å². The van der Waals surface area contributed by atoms with Gasteiger partial charge in [-0.3, -0.25) is 0 Å². The lowest BCUT2D eigenvalue weighted by atomic mass is 10.2. The molecule has 1 saturated heterocycles. The highest BCUT2D eigenvalue weighted by Gasteiger charge is 2.20. The summed E-state index contributed by atoms with van der Waals surface area (Å²) in [4.78, 5) is 3.94. The molecule has 1 fully saturated rings. The molecule has 0 radical (unpaired) electrons. The second-order valence-electron chi connectivity index (χ2n) is 5.52. The number of halogens is 2. The summed E-state index contributed by atoms with van der Waals surface area (Å²) in [6.07, 6.45) is 0. The van der Waals surface area contributed by atoms with Crippen molar-refractivity contribution in [3.8, 4) is 0 Å². The first-order valence-corrected chi connectivity index (χ1v) is 8.08. The number of piperazine rings is 1. The number of quaternary nitrogens is 1. The summed E-state index contributed by atoms with van der Waals surface area (Å²) in [6, 6.07) is 15.4. The highest BCUT2D eigenvalue weighted by molar-refractivity contribution is 9.10. The van der Waals surface area contributed by atoms with Crippen molar-refractivity contribution >= 4 is 21.6 Å². The minimum Gasteiger partial charge on any atom is -0.360 e. The van der Waals surface area contributed by atoms with Crippen molar-refractivity contribution in [1.82, 2.24) is 0 Å². The smallest absolute Gasteiger partial charge is 0.123 e. The molecule has 0 aliphatic carbocycles. The van der Waals surface area contributed by atoms with E-state index in [2.05, 4.69) is 45.1 Å². The van der Waals surface area contributed by atoms with Gasteiger partial charge in [-0.05, 0) is 36.4 Å². The first kappa shape index (κ1) is 14.5. The van der Waals surface area contributed by atoms with Crippen molar-refractivity contribution in [2.75, 3.05) is 31.1 Å². The Labute approximate surface area is 133 Å². The van der Waals surface area contributed by atoms with Crippen molar-refractivity contribution in [3.05, 3.63) is 64.4 Å². The quantitative estimate of drug-likeness (QED) is 0.894. The third-order valence-electron chi connectivity index (χ3n) is 4.03. The number of anilines is 1. The van der Waals surface area contributed by atoms with Crippen LogP contribution in [0, 0.1) is 5.82 Å². The predicted molar refractivity (Wildman–Crippen MR) is 87.2 cm³/mol. The van der Waals surface area contributed by atoms with Crippen LogP contribution in [0.4, 0.5) is 10.1 Å². The Morgan fingerprint density at radius 1 is 0.952 bits per heavy atom. The average Bonchev–Trinajstić information content (AvgIpc) is 2.51. The Morgan fingerprint density at radius 2 is 1.57 bits per heavy atom. The SMILES string of the molecule is Fc1ccc(N2CC[NH+](Cc3ccc(Br)cc3)CC2)cc1. The molecule has 4 heteroatoms. The Balaban J connectivity index is 1.55. The van der Waals surface area contributed by atoms with Crippen molar-refractivity contribution in [1.29, 1.82) is 0 Å². The lowest BCUT2D eigenvalue weighted by Gasteiger charge is -2.33. The fourth-order valence-electron chi connectivity index (χ4n) is 2.80. The van der Waals surface area contributed by atoms with Gasteiger partial charge in [-0.2, -0.15) is 0 Å². The van der Waals surface area contributed by atoms with Gasteiger partial charge >= 0.3 is 0 Å². The van der Waals surface area contributed by atoms with E-state index in [4.69, 9.17) is 0 Å². The van der Waals surface area contributed by atoms with Crippen molar-refractivity contribution < 1.29 is 9.29 Å². The molecule has 0 unspecified atom stereocenters. The summed E-state index contributed by atoms with van der Waals surface area (Å²) in [5, 5.41) is 0. The lowest BCUT2D eigenvalue weighted by molar-refractivity contribution is -0.914. The van der Waals surface area contributed by atoms with Gasteiger partial charge in [-0.15, -0.1) is 0 Å². The summed E-state index contributed by atoms with van der Waals surface area (Å²) in [7, 11) is 0. The number of nitrogens with one attached hydrogen (secondary N) is 1. The van der Waals surface area contributed by atoms with Gasteiger partial charge in [-0.1, -0.05) is 28.1 Å². The van der Waals surface area contributed by atoms with E-state index >= 15 is 0 Å². The van der Waals surface area contributed by atoms with Gasteiger partial charge in [0.1, 0.15) is 12.4 Å². The number of rotatable bonds is 3. The molecule has 0 aromatic heterocycles. The molecule has 2 aromatic carbocycles. The topological polar surface area (TPSA) is 7.68 Å². The van der Waals surface area contributed by atoms with Crippen LogP contribution in [0.1, 0.15) is 5.56 Å². The summed E-state index contributed by atoms with van der Waals surface area (Å²) in [5.41, 5.74) is 2.50. The molecule has 2 aromatic rings. The molecular weight excluding hydrogens is 331 g/mol. The average molecular weight is 350 g/mol. The lowest BCUT2D eigenvalue weighted by Crippen LogP contribution is -3.13. The van der Waals surface area contributed by atoms with E-state index in [1.165, 1.54) is 17.7 Å².